The normalized spacial score (nSPS) is 16.2. The molecule has 4 nitrogen and oxygen atoms in total. The zero-order chi connectivity index (χ0) is 18.1. The Morgan fingerprint density at radius 2 is 2.15 bits per heavy atom. The molecule has 1 amide bonds. The number of nitrogens with one attached hydrogen (secondary N) is 1. The summed E-state index contributed by atoms with van der Waals surface area (Å²) in [5.41, 5.74) is 1.62. The van der Waals surface area contributed by atoms with Crippen LogP contribution in [0.25, 0.3) is 11.0 Å². The van der Waals surface area contributed by atoms with Gasteiger partial charge in [0.1, 0.15) is 5.58 Å². The number of hydrogen-bond acceptors (Lipinski definition) is 4. The van der Waals surface area contributed by atoms with E-state index in [1.54, 1.807) is 11.3 Å². The van der Waals surface area contributed by atoms with Gasteiger partial charge in [-0.3, -0.25) is 9.69 Å². The van der Waals surface area contributed by atoms with Crippen LogP contribution in [0.5, 0.6) is 0 Å². The lowest BCUT2D eigenvalue weighted by atomic mass is 10.1. The Kier molecular flexibility index (Phi) is 5.16. The van der Waals surface area contributed by atoms with Gasteiger partial charge in [-0.05, 0) is 62.5 Å². The minimum atomic E-state index is -0.143. The van der Waals surface area contributed by atoms with Crippen LogP contribution in [0.1, 0.15) is 39.9 Å². The predicted molar refractivity (Wildman–Crippen MR) is 109 cm³/mol. The summed E-state index contributed by atoms with van der Waals surface area (Å²) in [7, 11) is 0. The average Bonchev–Trinajstić information content (AvgIpc) is 3.38. The lowest BCUT2D eigenvalue weighted by Gasteiger charge is -2.26. The summed E-state index contributed by atoms with van der Waals surface area (Å²) in [6.45, 7) is 4.72. The summed E-state index contributed by atoms with van der Waals surface area (Å²) < 4.78 is 6.80. The van der Waals surface area contributed by atoms with Crippen molar-refractivity contribution in [3.8, 4) is 0 Å². The SMILES string of the molecule is Cc1c(C(=O)NC[C@H](c2cccs2)N2CCCC2)oc2ccc(Br)cc12. The fourth-order valence-electron chi connectivity index (χ4n) is 3.62. The Labute approximate surface area is 165 Å². The van der Waals surface area contributed by atoms with E-state index in [1.807, 2.05) is 25.1 Å². The van der Waals surface area contributed by atoms with Crippen LogP contribution in [0.3, 0.4) is 0 Å². The third-order valence-electron chi connectivity index (χ3n) is 5.01. The van der Waals surface area contributed by atoms with Gasteiger partial charge in [0.25, 0.3) is 5.91 Å². The van der Waals surface area contributed by atoms with Crippen molar-refractivity contribution >= 4 is 44.1 Å². The van der Waals surface area contributed by atoms with E-state index in [4.69, 9.17) is 4.42 Å². The minimum Gasteiger partial charge on any atom is -0.451 e. The van der Waals surface area contributed by atoms with Crippen LogP contribution in [0.2, 0.25) is 0 Å². The molecular weight excluding hydrogens is 412 g/mol. The summed E-state index contributed by atoms with van der Waals surface area (Å²) in [6.07, 6.45) is 2.46. The smallest absolute Gasteiger partial charge is 0.287 e. The summed E-state index contributed by atoms with van der Waals surface area (Å²) in [6, 6.07) is 10.3. The first-order valence-corrected chi connectivity index (χ1v) is 10.5. The van der Waals surface area contributed by atoms with E-state index in [0.717, 1.165) is 34.1 Å². The molecule has 0 aliphatic carbocycles. The van der Waals surface area contributed by atoms with E-state index in [-0.39, 0.29) is 11.9 Å². The van der Waals surface area contributed by atoms with Crippen molar-refractivity contribution in [3.63, 3.8) is 0 Å². The van der Waals surface area contributed by atoms with Crippen LogP contribution >= 0.6 is 27.3 Å². The molecule has 1 N–H and O–H groups in total. The number of aryl methyl sites for hydroxylation is 1. The van der Waals surface area contributed by atoms with Crippen molar-refractivity contribution in [3.05, 3.63) is 56.4 Å². The number of carbonyl (C=O) groups is 1. The molecule has 1 atom stereocenters. The lowest BCUT2D eigenvalue weighted by Crippen LogP contribution is -2.36. The van der Waals surface area contributed by atoms with Crippen LogP contribution in [-0.4, -0.2) is 30.4 Å². The number of carbonyl (C=O) groups excluding carboxylic acids is 1. The molecule has 0 spiro atoms. The van der Waals surface area contributed by atoms with Crippen molar-refractivity contribution in [1.82, 2.24) is 10.2 Å². The molecule has 0 radical (unpaired) electrons. The molecule has 1 aliphatic heterocycles. The fraction of sp³-hybridized carbons (Fsp3) is 0.350. The third-order valence-corrected chi connectivity index (χ3v) is 6.48. The highest BCUT2D eigenvalue weighted by atomic mass is 79.9. The second-order valence-electron chi connectivity index (χ2n) is 6.68. The molecule has 2 aromatic heterocycles. The summed E-state index contributed by atoms with van der Waals surface area (Å²) in [5, 5.41) is 6.17. The maximum atomic E-state index is 12.8. The summed E-state index contributed by atoms with van der Waals surface area (Å²) in [5.74, 6) is 0.264. The molecule has 136 valence electrons. The summed E-state index contributed by atoms with van der Waals surface area (Å²) in [4.78, 5) is 16.5. The number of amides is 1. The molecule has 1 aliphatic rings. The number of furan rings is 1. The highest BCUT2D eigenvalue weighted by Crippen LogP contribution is 2.30. The minimum absolute atomic E-state index is 0.143. The molecule has 1 fully saturated rings. The fourth-order valence-corrected chi connectivity index (χ4v) is 4.85. The van der Waals surface area contributed by atoms with Crippen LogP contribution < -0.4 is 5.32 Å². The van der Waals surface area contributed by atoms with Gasteiger partial charge in [0.2, 0.25) is 0 Å². The second-order valence-corrected chi connectivity index (χ2v) is 8.58. The number of thiophene rings is 1. The lowest BCUT2D eigenvalue weighted by molar-refractivity contribution is 0.0912. The van der Waals surface area contributed by atoms with E-state index in [2.05, 4.69) is 43.7 Å². The monoisotopic (exact) mass is 432 g/mol. The Hall–Kier alpha value is -1.63. The van der Waals surface area contributed by atoms with Crippen LogP contribution in [0.15, 0.2) is 44.6 Å². The zero-order valence-electron chi connectivity index (χ0n) is 14.6. The Bertz CT molecular complexity index is 913. The molecule has 3 aromatic rings. The van der Waals surface area contributed by atoms with Gasteiger partial charge in [0.15, 0.2) is 5.76 Å². The Morgan fingerprint density at radius 3 is 2.88 bits per heavy atom. The molecule has 26 heavy (non-hydrogen) atoms. The van der Waals surface area contributed by atoms with Crippen molar-refractivity contribution in [2.45, 2.75) is 25.8 Å². The average molecular weight is 433 g/mol. The van der Waals surface area contributed by atoms with E-state index >= 15 is 0 Å². The predicted octanol–water partition coefficient (Wildman–Crippen LogP) is 5.13. The van der Waals surface area contributed by atoms with Crippen molar-refractivity contribution in [1.29, 1.82) is 0 Å². The molecule has 3 heterocycles. The van der Waals surface area contributed by atoms with Crippen molar-refractivity contribution in [2.75, 3.05) is 19.6 Å². The number of hydrogen-bond donors (Lipinski definition) is 1. The number of benzene rings is 1. The van der Waals surface area contributed by atoms with Crippen LogP contribution in [0, 0.1) is 6.92 Å². The maximum Gasteiger partial charge on any atom is 0.287 e. The largest absolute Gasteiger partial charge is 0.451 e. The van der Waals surface area contributed by atoms with Gasteiger partial charge < -0.3 is 9.73 Å². The van der Waals surface area contributed by atoms with Gasteiger partial charge in [0.05, 0.1) is 6.04 Å². The molecular formula is C20H21BrN2O2S. The molecule has 0 unspecified atom stereocenters. The quantitative estimate of drug-likeness (QED) is 0.607. The van der Waals surface area contributed by atoms with Gasteiger partial charge in [-0.25, -0.2) is 0 Å². The standard InChI is InChI=1S/C20H21BrN2O2S/c1-13-15-11-14(21)6-7-17(15)25-19(13)20(24)22-12-16(18-5-4-10-26-18)23-8-2-3-9-23/h4-7,10-11,16H,2-3,8-9,12H2,1H3,(H,22,24)/t16-/m1/s1. The maximum absolute atomic E-state index is 12.8. The van der Waals surface area contributed by atoms with Crippen LogP contribution in [0.4, 0.5) is 0 Å². The highest BCUT2D eigenvalue weighted by molar-refractivity contribution is 9.10. The molecule has 4 rings (SSSR count). The third kappa shape index (κ3) is 3.46. The Balaban J connectivity index is 1.53. The number of rotatable bonds is 5. The van der Waals surface area contributed by atoms with Crippen LogP contribution in [-0.2, 0) is 0 Å². The number of likely N-dealkylation sites (tertiary alicyclic amines) is 1. The van der Waals surface area contributed by atoms with E-state index < -0.39 is 0 Å². The van der Waals surface area contributed by atoms with Gasteiger partial charge in [0, 0.05) is 26.8 Å². The molecule has 1 aromatic carbocycles. The van der Waals surface area contributed by atoms with Gasteiger partial charge in [-0.15, -0.1) is 11.3 Å². The van der Waals surface area contributed by atoms with E-state index in [1.165, 1.54) is 17.7 Å². The van der Waals surface area contributed by atoms with E-state index in [0.29, 0.717) is 12.3 Å². The topological polar surface area (TPSA) is 45.5 Å². The van der Waals surface area contributed by atoms with Gasteiger partial charge >= 0.3 is 0 Å². The molecule has 0 saturated carbocycles. The molecule has 0 bridgehead atoms. The number of nitrogens with zero attached hydrogens (tertiary/aromatic N) is 1. The first-order valence-electron chi connectivity index (χ1n) is 8.88. The summed E-state index contributed by atoms with van der Waals surface area (Å²) >= 11 is 5.23. The zero-order valence-corrected chi connectivity index (χ0v) is 17.0. The van der Waals surface area contributed by atoms with Gasteiger partial charge in [-0.1, -0.05) is 22.0 Å². The first kappa shape index (κ1) is 17.8. The Morgan fingerprint density at radius 1 is 1.35 bits per heavy atom. The van der Waals surface area contributed by atoms with Crippen molar-refractivity contribution in [2.24, 2.45) is 0 Å². The number of fused-ring (bicyclic) bond motifs is 1. The molecule has 6 heteroatoms. The van der Waals surface area contributed by atoms with Crippen molar-refractivity contribution < 1.29 is 9.21 Å². The highest BCUT2D eigenvalue weighted by Gasteiger charge is 2.26. The van der Waals surface area contributed by atoms with E-state index in [9.17, 15) is 4.79 Å². The first-order chi connectivity index (χ1) is 12.6. The van der Waals surface area contributed by atoms with Gasteiger partial charge in [-0.2, -0.15) is 0 Å². The second kappa shape index (κ2) is 7.55. The molecule has 1 saturated heterocycles. The number of halogens is 1.